The predicted octanol–water partition coefficient (Wildman–Crippen LogP) is 6.57. The molecule has 9 nitrogen and oxygen atoms in total. The molecule has 0 spiro atoms. The zero-order chi connectivity index (χ0) is 32.4. The highest BCUT2D eigenvalue weighted by molar-refractivity contribution is 5.93. The van der Waals surface area contributed by atoms with Gasteiger partial charge in [-0.2, -0.15) is 0 Å². The van der Waals surface area contributed by atoms with E-state index in [0.717, 1.165) is 53.6 Å². The van der Waals surface area contributed by atoms with Gasteiger partial charge >= 0.3 is 6.09 Å². The fourth-order valence-electron chi connectivity index (χ4n) is 7.51. The van der Waals surface area contributed by atoms with E-state index >= 15 is 0 Å². The number of aliphatic hydroxyl groups is 1. The SMILES string of the molecule is CC(=O)N(C(C)C)[C@H]1CC[C@H](CC(=O)Nc2cnc(-c3ccc([C@]4(NC(=O)O)C[C@@](C)(O)C4)cc3)c(-c3ccccc3)c2)CC1. The molecule has 2 aliphatic carbocycles. The molecule has 0 saturated heterocycles. The third-order valence-corrected chi connectivity index (χ3v) is 9.28. The van der Waals surface area contributed by atoms with Gasteiger partial charge in [-0.1, -0.05) is 54.6 Å². The maximum absolute atomic E-state index is 13.1. The molecular weight excluding hydrogens is 568 g/mol. The van der Waals surface area contributed by atoms with Crippen LogP contribution in [0.5, 0.6) is 0 Å². The molecule has 45 heavy (non-hydrogen) atoms. The second kappa shape index (κ2) is 13.0. The van der Waals surface area contributed by atoms with Gasteiger partial charge in [0.05, 0.1) is 28.7 Å². The minimum absolute atomic E-state index is 0.0451. The first kappa shape index (κ1) is 32.2. The average molecular weight is 613 g/mol. The molecule has 0 atom stereocenters. The number of nitrogens with one attached hydrogen (secondary N) is 2. The number of amides is 3. The van der Waals surface area contributed by atoms with Gasteiger partial charge < -0.3 is 25.7 Å². The lowest BCUT2D eigenvalue weighted by atomic mass is 9.62. The molecule has 238 valence electrons. The number of rotatable bonds is 9. The van der Waals surface area contributed by atoms with Gasteiger partial charge in [0.2, 0.25) is 11.8 Å². The van der Waals surface area contributed by atoms with Crippen molar-refractivity contribution in [2.45, 2.75) is 95.9 Å². The Morgan fingerprint density at radius 3 is 2.18 bits per heavy atom. The van der Waals surface area contributed by atoms with Crippen molar-refractivity contribution >= 4 is 23.6 Å². The second-order valence-electron chi connectivity index (χ2n) is 13.4. The van der Waals surface area contributed by atoms with Gasteiger partial charge in [0.25, 0.3) is 0 Å². The molecule has 2 saturated carbocycles. The lowest BCUT2D eigenvalue weighted by Crippen LogP contribution is -2.61. The molecule has 0 bridgehead atoms. The Hall–Kier alpha value is -4.24. The average Bonchev–Trinajstić information content (AvgIpc) is 2.97. The summed E-state index contributed by atoms with van der Waals surface area (Å²) in [6.07, 6.45) is 5.22. The van der Waals surface area contributed by atoms with E-state index in [0.29, 0.717) is 24.9 Å². The molecule has 1 aromatic heterocycles. The fraction of sp³-hybridized carbons (Fsp3) is 0.444. The predicted molar refractivity (Wildman–Crippen MR) is 174 cm³/mol. The van der Waals surface area contributed by atoms with Crippen molar-refractivity contribution in [3.8, 4) is 22.4 Å². The van der Waals surface area contributed by atoms with E-state index in [-0.39, 0.29) is 29.8 Å². The Bertz CT molecular complexity index is 1520. The Labute approximate surface area is 265 Å². The number of anilines is 1. The van der Waals surface area contributed by atoms with Gasteiger partial charge in [-0.3, -0.25) is 14.6 Å². The molecule has 2 aromatic carbocycles. The van der Waals surface area contributed by atoms with Crippen molar-refractivity contribution in [2.24, 2.45) is 5.92 Å². The van der Waals surface area contributed by atoms with Crippen molar-refractivity contribution in [2.75, 3.05) is 5.32 Å². The largest absolute Gasteiger partial charge is 0.465 e. The van der Waals surface area contributed by atoms with Crippen molar-refractivity contribution < 1.29 is 24.6 Å². The molecule has 0 aliphatic heterocycles. The number of aromatic nitrogens is 1. The van der Waals surface area contributed by atoms with Crippen molar-refractivity contribution in [1.82, 2.24) is 15.2 Å². The Morgan fingerprint density at radius 1 is 0.978 bits per heavy atom. The van der Waals surface area contributed by atoms with Gasteiger partial charge in [-0.15, -0.1) is 0 Å². The summed E-state index contributed by atoms with van der Waals surface area (Å²) in [5, 5.41) is 25.5. The fourth-order valence-corrected chi connectivity index (χ4v) is 7.51. The summed E-state index contributed by atoms with van der Waals surface area (Å²) in [4.78, 5) is 43.6. The van der Waals surface area contributed by atoms with Gasteiger partial charge in [-0.25, -0.2) is 4.79 Å². The van der Waals surface area contributed by atoms with E-state index < -0.39 is 17.2 Å². The standard InChI is InChI=1S/C36H44N4O5/c1-23(2)40(24(3)41)30-16-10-25(11-17-30)18-32(42)38-29-19-31(26-8-6-5-7-9-26)33(37-20-29)27-12-14-28(15-13-27)36(39-34(43)44)21-35(4,45)22-36/h5-9,12-15,19-20,23,25,30,39,45H,10-11,16-18,21-22H2,1-4H3,(H,38,42)(H,43,44)/t25-,30-,35-,36+. The van der Waals surface area contributed by atoms with Crippen LogP contribution in [-0.2, 0) is 15.1 Å². The minimum atomic E-state index is -1.13. The lowest BCUT2D eigenvalue weighted by Gasteiger charge is -2.51. The van der Waals surface area contributed by atoms with Crippen LogP contribution >= 0.6 is 0 Å². The molecule has 1 heterocycles. The molecule has 4 N–H and O–H groups in total. The quantitative estimate of drug-likeness (QED) is 0.216. The molecule has 2 fully saturated rings. The van der Waals surface area contributed by atoms with Crippen LogP contribution in [0.15, 0.2) is 66.9 Å². The van der Waals surface area contributed by atoms with E-state index in [2.05, 4.69) is 24.5 Å². The molecule has 3 aromatic rings. The third-order valence-electron chi connectivity index (χ3n) is 9.28. The maximum atomic E-state index is 13.1. The molecule has 9 heteroatoms. The number of carboxylic acid groups (broad SMARTS) is 1. The Kier molecular flexibility index (Phi) is 9.30. The van der Waals surface area contributed by atoms with Gasteiger partial charge in [0.1, 0.15) is 0 Å². The first-order chi connectivity index (χ1) is 21.4. The number of carbonyl (C=O) groups is 3. The summed E-state index contributed by atoms with van der Waals surface area (Å²) < 4.78 is 0. The summed E-state index contributed by atoms with van der Waals surface area (Å²) in [5.74, 6) is 0.343. The number of hydrogen-bond acceptors (Lipinski definition) is 5. The molecule has 0 unspecified atom stereocenters. The van der Waals surface area contributed by atoms with Crippen LogP contribution in [0, 0.1) is 5.92 Å². The first-order valence-corrected chi connectivity index (χ1v) is 15.8. The summed E-state index contributed by atoms with van der Waals surface area (Å²) in [7, 11) is 0. The molecule has 5 rings (SSSR count). The number of nitrogens with zero attached hydrogens (tertiary/aromatic N) is 2. The van der Waals surface area contributed by atoms with E-state index in [4.69, 9.17) is 4.98 Å². The maximum Gasteiger partial charge on any atom is 0.405 e. The number of carbonyl (C=O) groups excluding carboxylic acids is 2. The van der Waals surface area contributed by atoms with Gasteiger partial charge in [0, 0.05) is 49.4 Å². The van der Waals surface area contributed by atoms with Gasteiger partial charge in [-0.05, 0) is 69.6 Å². The summed E-state index contributed by atoms with van der Waals surface area (Å²) in [6, 6.07) is 19.8. The lowest BCUT2D eigenvalue weighted by molar-refractivity contribution is -0.134. The normalized spacial score (nSPS) is 24.4. The molecule has 0 radical (unpaired) electrons. The van der Waals surface area contributed by atoms with Crippen LogP contribution in [0.25, 0.3) is 22.4 Å². The van der Waals surface area contributed by atoms with E-state index in [9.17, 15) is 24.6 Å². The van der Waals surface area contributed by atoms with Crippen LogP contribution in [0.2, 0.25) is 0 Å². The summed E-state index contributed by atoms with van der Waals surface area (Å²) in [5.41, 5.74) is 3.07. The minimum Gasteiger partial charge on any atom is -0.465 e. The number of hydrogen-bond donors (Lipinski definition) is 4. The number of benzene rings is 2. The van der Waals surface area contributed by atoms with Crippen molar-refractivity contribution in [3.63, 3.8) is 0 Å². The first-order valence-electron chi connectivity index (χ1n) is 15.8. The summed E-state index contributed by atoms with van der Waals surface area (Å²) in [6.45, 7) is 7.44. The highest BCUT2D eigenvalue weighted by Gasteiger charge is 2.53. The second-order valence-corrected chi connectivity index (χ2v) is 13.4. The zero-order valence-corrected chi connectivity index (χ0v) is 26.5. The molecule has 2 aliphatic rings. The van der Waals surface area contributed by atoms with Crippen LogP contribution in [-0.4, -0.2) is 55.7 Å². The smallest absolute Gasteiger partial charge is 0.405 e. The van der Waals surface area contributed by atoms with Gasteiger partial charge in [0.15, 0.2) is 0 Å². The van der Waals surface area contributed by atoms with Crippen LogP contribution in [0.4, 0.5) is 10.5 Å². The monoisotopic (exact) mass is 612 g/mol. The van der Waals surface area contributed by atoms with E-state index in [1.165, 1.54) is 0 Å². The molecular formula is C36H44N4O5. The van der Waals surface area contributed by atoms with Crippen molar-refractivity contribution in [3.05, 3.63) is 72.4 Å². The molecule has 3 amide bonds. The van der Waals surface area contributed by atoms with Crippen LogP contribution < -0.4 is 10.6 Å². The van der Waals surface area contributed by atoms with Crippen LogP contribution in [0.3, 0.4) is 0 Å². The van der Waals surface area contributed by atoms with E-state index in [1.807, 2.05) is 65.6 Å². The van der Waals surface area contributed by atoms with Crippen molar-refractivity contribution in [1.29, 1.82) is 0 Å². The number of pyridine rings is 1. The van der Waals surface area contributed by atoms with E-state index in [1.54, 1.807) is 20.0 Å². The highest BCUT2D eigenvalue weighted by atomic mass is 16.4. The highest BCUT2D eigenvalue weighted by Crippen LogP contribution is 2.48. The Morgan fingerprint density at radius 2 is 1.62 bits per heavy atom. The van der Waals surface area contributed by atoms with Crippen LogP contribution in [0.1, 0.15) is 78.2 Å². The summed E-state index contributed by atoms with van der Waals surface area (Å²) >= 11 is 0. The zero-order valence-electron chi connectivity index (χ0n) is 26.5. The third kappa shape index (κ3) is 7.36. The topological polar surface area (TPSA) is 132 Å². The Balaban J connectivity index is 1.31.